The van der Waals surface area contributed by atoms with E-state index < -0.39 is 102 Å². The van der Waals surface area contributed by atoms with Gasteiger partial charge in [-0.1, -0.05) is 27.7 Å². The molecule has 14 nitrogen and oxygen atoms in total. The molecular formula is C38H69NO13. The Labute approximate surface area is 310 Å². The molecular weight excluding hydrogens is 678 g/mol. The van der Waals surface area contributed by atoms with Crippen molar-refractivity contribution in [2.45, 2.75) is 179 Å². The van der Waals surface area contributed by atoms with Crippen molar-refractivity contribution in [2.75, 3.05) is 28.3 Å². The van der Waals surface area contributed by atoms with E-state index in [1.807, 2.05) is 32.8 Å². The third kappa shape index (κ3) is 9.38. The first-order chi connectivity index (χ1) is 24.0. The lowest BCUT2D eigenvalue weighted by molar-refractivity contribution is -0.319. The molecule has 0 saturated carbocycles. The average molecular weight is 748 g/mol. The first-order valence-corrected chi connectivity index (χ1v) is 18.9. The fourth-order valence-corrected chi connectivity index (χ4v) is 8.58. The van der Waals surface area contributed by atoms with Crippen LogP contribution in [0.1, 0.15) is 94.9 Å². The number of Topliss-reactive ketones (excluding diaryl/α,β-unsaturated/α-hetero) is 1. The maximum atomic E-state index is 14.2. The first kappa shape index (κ1) is 45.1. The summed E-state index contributed by atoms with van der Waals surface area (Å²) in [6, 6.07) is -0.283. The van der Waals surface area contributed by atoms with E-state index in [4.69, 9.17) is 33.2 Å². The maximum absolute atomic E-state index is 14.2. The van der Waals surface area contributed by atoms with Gasteiger partial charge < -0.3 is 58.5 Å². The molecule has 0 aromatic rings. The van der Waals surface area contributed by atoms with Crippen LogP contribution in [0.25, 0.3) is 0 Å². The van der Waals surface area contributed by atoms with Crippen LogP contribution < -0.4 is 0 Å². The Morgan fingerprint density at radius 2 is 1.44 bits per heavy atom. The van der Waals surface area contributed by atoms with E-state index in [1.165, 1.54) is 21.1 Å². The summed E-state index contributed by atoms with van der Waals surface area (Å²) >= 11 is 0. The number of nitrogens with zero attached hydrogens (tertiary/aromatic N) is 1. The number of aliphatic hydroxyl groups excluding tert-OH is 3. The van der Waals surface area contributed by atoms with Gasteiger partial charge in [0.1, 0.15) is 29.7 Å². The second kappa shape index (κ2) is 17.7. The number of carbonyl (C=O) groups excluding carboxylic acids is 2. The van der Waals surface area contributed by atoms with Gasteiger partial charge in [0.2, 0.25) is 0 Å². The van der Waals surface area contributed by atoms with Crippen LogP contribution >= 0.6 is 0 Å². The number of carbonyl (C=O) groups is 2. The smallest absolute Gasteiger partial charge is 0.311 e. The van der Waals surface area contributed by atoms with Gasteiger partial charge in [0.05, 0.1) is 47.6 Å². The minimum atomic E-state index is -1.96. The molecule has 3 rings (SSSR count). The second-order valence-corrected chi connectivity index (χ2v) is 16.6. The van der Waals surface area contributed by atoms with Crippen molar-refractivity contribution in [3.8, 4) is 0 Å². The van der Waals surface area contributed by atoms with Gasteiger partial charge in [0.25, 0.3) is 0 Å². The van der Waals surface area contributed by atoms with E-state index >= 15 is 0 Å². The van der Waals surface area contributed by atoms with Crippen LogP contribution in [0.4, 0.5) is 0 Å². The number of aliphatic hydroxyl groups is 4. The summed E-state index contributed by atoms with van der Waals surface area (Å²) in [5.41, 5.74) is -4.24. The molecule has 304 valence electrons. The van der Waals surface area contributed by atoms with Crippen molar-refractivity contribution in [1.29, 1.82) is 0 Å². The van der Waals surface area contributed by atoms with Gasteiger partial charge in [-0.25, -0.2) is 0 Å². The molecule has 52 heavy (non-hydrogen) atoms. The minimum absolute atomic E-state index is 0.111. The Kier molecular flexibility index (Phi) is 15.3. The van der Waals surface area contributed by atoms with Gasteiger partial charge in [-0.05, 0) is 74.9 Å². The quantitative estimate of drug-likeness (QED) is 0.266. The van der Waals surface area contributed by atoms with Crippen LogP contribution in [0.15, 0.2) is 0 Å². The van der Waals surface area contributed by atoms with Gasteiger partial charge >= 0.3 is 5.97 Å². The van der Waals surface area contributed by atoms with Gasteiger partial charge in [-0.3, -0.25) is 9.59 Å². The van der Waals surface area contributed by atoms with Gasteiger partial charge in [0.15, 0.2) is 12.6 Å². The van der Waals surface area contributed by atoms with Crippen LogP contribution in [-0.4, -0.2) is 150 Å². The Hall–Kier alpha value is -1.30. The molecule has 0 spiro atoms. The summed E-state index contributed by atoms with van der Waals surface area (Å²) in [4.78, 5) is 30.1. The van der Waals surface area contributed by atoms with Crippen LogP contribution in [-0.2, 0) is 42.7 Å². The molecule has 0 aliphatic carbocycles. The van der Waals surface area contributed by atoms with Crippen molar-refractivity contribution in [1.82, 2.24) is 4.90 Å². The molecule has 3 aliphatic rings. The molecule has 0 amide bonds. The largest absolute Gasteiger partial charge is 0.459 e. The third-order valence-electron chi connectivity index (χ3n) is 12.3. The second-order valence-electron chi connectivity index (χ2n) is 16.6. The summed E-state index contributed by atoms with van der Waals surface area (Å²) in [6.07, 6.45) is -8.73. The number of rotatable bonds is 8. The highest BCUT2D eigenvalue weighted by Crippen LogP contribution is 2.41. The molecule has 0 radical (unpaired) electrons. The monoisotopic (exact) mass is 747 g/mol. The molecule has 0 unspecified atom stereocenters. The molecule has 3 saturated heterocycles. The summed E-state index contributed by atoms with van der Waals surface area (Å²) in [5, 5.41) is 45.6. The van der Waals surface area contributed by atoms with Crippen molar-refractivity contribution in [2.24, 2.45) is 23.7 Å². The van der Waals surface area contributed by atoms with Crippen LogP contribution in [0.5, 0.6) is 0 Å². The summed E-state index contributed by atoms with van der Waals surface area (Å²) < 4.78 is 43.9. The van der Waals surface area contributed by atoms with Crippen molar-refractivity contribution < 1.29 is 63.2 Å². The standard InChI is InChI=1S/C38H69NO13/c1-15-26-38(10,45)31(42)21(4)28(40)19(2)17-37(9,47-14)33(52-35-29(41)25(39(11)12)16-20(3)48-35)22(5)30(23(6)34(44)50-26)51-27-18-36(8,46-13)32(43)24(7)49-27/h19-27,29-33,35,41-43,45H,15-18H2,1-14H3/t19-,20-,21+,22+,23-,24+,25+,26-,27+,29-,30+,31-,32+,33-,35+,36-,37+,38-/m1/s1. The lowest BCUT2D eigenvalue weighted by Crippen LogP contribution is -2.61. The molecule has 0 aromatic heterocycles. The number of hydrogen-bond acceptors (Lipinski definition) is 14. The fourth-order valence-electron chi connectivity index (χ4n) is 8.58. The topological polar surface area (TPSA) is 183 Å². The van der Waals surface area contributed by atoms with Crippen LogP contribution in [0.2, 0.25) is 0 Å². The predicted octanol–water partition coefficient (Wildman–Crippen LogP) is 2.44. The molecule has 3 heterocycles. The normalized spacial score (nSPS) is 49.0. The summed E-state index contributed by atoms with van der Waals surface area (Å²) in [7, 11) is 6.77. The zero-order valence-corrected chi connectivity index (χ0v) is 33.9. The van der Waals surface area contributed by atoms with E-state index in [2.05, 4.69) is 0 Å². The highest BCUT2D eigenvalue weighted by atomic mass is 16.7. The van der Waals surface area contributed by atoms with E-state index in [0.29, 0.717) is 6.42 Å². The lowest BCUT2D eigenvalue weighted by Gasteiger charge is -2.50. The minimum Gasteiger partial charge on any atom is -0.459 e. The Balaban J connectivity index is 2.22. The van der Waals surface area contributed by atoms with Crippen LogP contribution in [0, 0.1) is 23.7 Å². The highest BCUT2D eigenvalue weighted by molar-refractivity contribution is 5.83. The highest BCUT2D eigenvalue weighted by Gasteiger charge is 2.54. The van der Waals surface area contributed by atoms with E-state index in [1.54, 1.807) is 48.5 Å². The number of esters is 1. The Morgan fingerprint density at radius 3 is 1.98 bits per heavy atom. The molecule has 3 aliphatic heterocycles. The SMILES string of the molecule is CC[C@H]1OC(=O)[C@H](C)[C@@H](O[C@H]2C[C@@](C)(OC)[C@@H](O)[C@H](C)O2)[C@H](C)[C@@H](O[C@@H]2O[C@H](C)C[C@H](N(C)C)[C@H]2O)[C@@](C)(OC)C[C@@H](C)C(=O)[C@H](C)[C@@H](O)[C@]1(C)O. The molecule has 0 bridgehead atoms. The number of ketones is 1. The zero-order valence-electron chi connectivity index (χ0n) is 33.9. The molecule has 0 aromatic carbocycles. The lowest BCUT2D eigenvalue weighted by atomic mass is 9.74. The summed E-state index contributed by atoms with van der Waals surface area (Å²) in [5.74, 6) is -4.47. The number of likely N-dealkylation sites (N-methyl/N-ethyl adjacent to an activating group) is 1. The van der Waals surface area contributed by atoms with Gasteiger partial charge in [0, 0.05) is 44.4 Å². The molecule has 14 heteroatoms. The van der Waals surface area contributed by atoms with E-state index in [9.17, 15) is 30.0 Å². The van der Waals surface area contributed by atoms with Gasteiger partial charge in [-0.15, -0.1) is 0 Å². The van der Waals surface area contributed by atoms with E-state index in [-0.39, 0.29) is 37.2 Å². The number of ether oxygens (including phenoxy) is 7. The van der Waals surface area contributed by atoms with Crippen molar-refractivity contribution in [3.63, 3.8) is 0 Å². The van der Waals surface area contributed by atoms with Crippen molar-refractivity contribution in [3.05, 3.63) is 0 Å². The Morgan fingerprint density at radius 1 is 0.846 bits per heavy atom. The average Bonchev–Trinajstić information content (AvgIpc) is 3.09. The molecule has 18 atom stereocenters. The fraction of sp³-hybridized carbons (Fsp3) is 0.947. The maximum Gasteiger partial charge on any atom is 0.311 e. The zero-order chi connectivity index (χ0) is 39.7. The molecule has 4 N–H and O–H groups in total. The number of methoxy groups -OCH3 is 2. The Bertz CT molecular complexity index is 1190. The van der Waals surface area contributed by atoms with Gasteiger partial charge in [-0.2, -0.15) is 0 Å². The molecule has 3 fully saturated rings. The summed E-state index contributed by atoms with van der Waals surface area (Å²) in [6.45, 7) is 17.1. The first-order valence-electron chi connectivity index (χ1n) is 18.9. The third-order valence-corrected chi connectivity index (χ3v) is 12.3. The van der Waals surface area contributed by atoms with Crippen molar-refractivity contribution >= 4 is 11.8 Å². The number of cyclic esters (lactones) is 1. The number of hydrogen-bond donors (Lipinski definition) is 4. The van der Waals surface area contributed by atoms with E-state index in [0.717, 1.165) is 0 Å². The predicted molar refractivity (Wildman–Crippen MR) is 191 cm³/mol. The van der Waals surface area contributed by atoms with Crippen LogP contribution in [0.3, 0.4) is 0 Å².